The highest BCUT2D eigenvalue weighted by atomic mass is 35.5. The fraction of sp³-hybridized carbons (Fsp3) is 0.600. The molecule has 2 rings (SSSR count). The minimum absolute atomic E-state index is 0.139. The van der Waals surface area contributed by atoms with Crippen molar-refractivity contribution in [2.24, 2.45) is 17.7 Å². The summed E-state index contributed by atoms with van der Waals surface area (Å²) in [7, 11) is 0. The lowest BCUT2D eigenvalue weighted by molar-refractivity contribution is 0.0949. The zero-order valence-corrected chi connectivity index (χ0v) is 13.1. The molecule has 0 aliphatic heterocycles. The number of halogens is 1. The summed E-state index contributed by atoms with van der Waals surface area (Å²) in [5.74, 6) is 7.09. The normalized spacial score (nSPS) is 21.9. The molecule has 1 fully saturated rings. The predicted molar refractivity (Wildman–Crippen MR) is 85.1 cm³/mol. The number of hydrogen-bond acceptors (Lipinski definition) is 4. The molecule has 2 atom stereocenters. The maximum absolute atomic E-state index is 12.1. The molecule has 0 aromatic carbocycles. The van der Waals surface area contributed by atoms with Crippen LogP contribution in [0.2, 0.25) is 5.15 Å². The molecule has 0 radical (unpaired) electrons. The Morgan fingerprint density at radius 2 is 2.29 bits per heavy atom. The average molecular weight is 311 g/mol. The number of anilines is 1. The van der Waals surface area contributed by atoms with Crippen LogP contribution in [0.4, 0.5) is 5.82 Å². The van der Waals surface area contributed by atoms with Gasteiger partial charge in [0.15, 0.2) is 0 Å². The van der Waals surface area contributed by atoms with Gasteiger partial charge in [-0.25, -0.2) is 10.8 Å². The van der Waals surface area contributed by atoms with Crippen molar-refractivity contribution < 1.29 is 4.79 Å². The summed E-state index contributed by atoms with van der Waals surface area (Å²) in [6.07, 6.45) is 6.25. The number of nitrogen functional groups attached to an aromatic ring is 1. The molecule has 1 aromatic rings. The first kappa shape index (κ1) is 16.0. The van der Waals surface area contributed by atoms with Crippen LogP contribution in [-0.2, 0) is 0 Å². The zero-order valence-electron chi connectivity index (χ0n) is 12.4. The van der Waals surface area contributed by atoms with E-state index in [4.69, 9.17) is 17.4 Å². The van der Waals surface area contributed by atoms with Crippen LogP contribution in [-0.4, -0.2) is 17.4 Å². The highest BCUT2D eigenvalue weighted by molar-refractivity contribution is 6.29. The zero-order chi connectivity index (χ0) is 15.2. The average Bonchev–Trinajstić information content (AvgIpc) is 2.46. The van der Waals surface area contributed by atoms with Crippen molar-refractivity contribution in [3.63, 3.8) is 0 Å². The van der Waals surface area contributed by atoms with Crippen molar-refractivity contribution in [2.75, 3.05) is 12.0 Å². The van der Waals surface area contributed by atoms with E-state index in [0.29, 0.717) is 17.9 Å². The molecule has 0 bridgehead atoms. The van der Waals surface area contributed by atoms with E-state index >= 15 is 0 Å². The number of hydrogen-bond donors (Lipinski definition) is 3. The van der Waals surface area contributed by atoms with Gasteiger partial charge in [-0.3, -0.25) is 4.79 Å². The quantitative estimate of drug-likeness (QED) is 0.444. The third-order valence-electron chi connectivity index (χ3n) is 4.09. The summed E-state index contributed by atoms with van der Waals surface area (Å²) in [6, 6.07) is 3.13. The van der Waals surface area contributed by atoms with E-state index in [-0.39, 0.29) is 11.1 Å². The Balaban J connectivity index is 1.83. The summed E-state index contributed by atoms with van der Waals surface area (Å²) in [5, 5.41) is 3.19. The Kier molecular flexibility index (Phi) is 5.82. The van der Waals surface area contributed by atoms with Crippen molar-refractivity contribution in [1.29, 1.82) is 0 Å². The lowest BCUT2D eigenvalue weighted by Gasteiger charge is -2.26. The van der Waals surface area contributed by atoms with Crippen molar-refractivity contribution in [1.82, 2.24) is 10.3 Å². The number of nitrogens with two attached hydrogens (primary N) is 1. The molecule has 5 nitrogen and oxygen atoms in total. The molecule has 6 heteroatoms. The maximum Gasteiger partial charge on any atom is 0.251 e. The summed E-state index contributed by atoms with van der Waals surface area (Å²) in [6.45, 7) is 3.01. The Bertz CT molecular complexity index is 495. The van der Waals surface area contributed by atoms with Crippen LogP contribution in [0, 0.1) is 11.8 Å². The van der Waals surface area contributed by atoms with Gasteiger partial charge >= 0.3 is 0 Å². The van der Waals surface area contributed by atoms with Gasteiger partial charge in [0.25, 0.3) is 5.91 Å². The number of carbonyl (C=O) groups is 1. The Hall–Kier alpha value is -1.33. The van der Waals surface area contributed by atoms with Gasteiger partial charge in [0.05, 0.1) is 0 Å². The van der Waals surface area contributed by atoms with E-state index in [1.54, 1.807) is 12.1 Å². The fourth-order valence-corrected chi connectivity index (χ4v) is 3.22. The van der Waals surface area contributed by atoms with Crippen molar-refractivity contribution in [2.45, 2.75) is 39.0 Å². The maximum atomic E-state index is 12.1. The Labute approximate surface area is 130 Å². The number of aromatic nitrogens is 1. The molecule has 2 unspecified atom stereocenters. The smallest absolute Gasteiger partial charge is 0.251 e. The second-order valence-electron chi connectivity index (χ2n) is 5.89. The summed E-state index contributed by atoms with van der Waals surface area (Å²) in [5.41, 5.74) is 2.87. The predicted octanol–water partition coefficient (Wildman–Crippen LogP) is 2.97. The summed E-state index contributed by atoms with van der Waals surface area (Å²) < 4.78 is 0. The molecule has 0 spiro atoms. The minimum Gasteiger partial charge on any atom is -0.352 e. The standard InChI is InChI=1S/C15H23ClN4O/c1-10-3-2-4-11(7-10)5-6-18-15(21)12-8-13(16)19-14(9-12)20-17/h8-11H,2-7,17H2,1H3,(H,18,21)(H,19,20). The highest BCUT2D eigenvalue weighted by Gasteiger charge is 2.18. The molecule has 21 heavy (non-hydrogen) atoms. The third kappa shape index (κ3) is 4.86. The van der Waals surface area contributed by atoms with Gasteiger partial charge in [0.2, 0.25) is 0 Å². The van der Waals surface area contributed by atoms with Gasteiger partial charge in [0.1, 0.15) is 11.0 Å². The van der Waals surface area contributed by atoms with E-state index in [0.717, 1.165) is 18.3 Å². The second kappa shape index (κ2) is 7.61. The fourth-order valence-electron chi connectivity index (χ4n) is 3.02. The first-order valence-electron chi connectivity index (χ1n) is 7.51. The van der Waals surface area contributed by atoms with Crippen molar-refractivity contribution >= 4 is 23.3 Å². The molecule has 1 aliphatic rings. The number of rotatable bonds is 5. The van der Waals surface area contributed by atoms with Gasteiger partial charge in [-0.2, -0.15) is 0 Å². The number of carbonyl (C=O) groups excluding carboxylic acids is 1. The van der Waals surface area contributed by atoms with Crippen LogP contribution in [0.15, 0.2) is 12.1 Å². The van der Waals surface area contributed by atoms with E-state index < -0.39 is 0 Å². The van der Waals surface area contributed by atoms with Gasteiger partial charge in [-0.1, -0.05) is 37.8 Å². The van der Waals surface area contributed by atoms with Crippen molar-refractivity contribution in [3.8, 4) is 0 Å². The molecule has 1 amide bonds. The number of amides is 1. The molecule has 4 N–H and O–H groups in total. The molecular weight excluding hydrogens is 288 g/mol. The van der Waals surface area contributed by atoms with Gasteiger partial charge < -0.3 is 10.7 Å². The Morgan fingerprint density at radius 3 is 3.00 bits per heavy atom. The molecule has 1 heterocycles. The Morgan fingerprint density at radius 1 is 1.48 bits per heavy atom. The molecule has 116 valence electrons. The molecule has 0 saturated heterocycles. The number of pyridine rings is 1. The van der Waals surface area contributed by atoms with Gasteiger partial charge in [-0.05, 0) is 36.8 Å². The third-order valence-corrected chi connectivity index (χ3v) is 4.28. The lowest BCUT2D eigenvalue weighted by Crippen LogP contribution is -2.27. The van der Waals surface area contributed by atoms with Crippen LogP contribution in [0.25, 0.3) is 0 Å². The van der Waals surface area contributed by atoms with Crippen LogP contribution in [0.3, 0.4) is 0 Å². The van der Waals surface area contributed by atoms with Crippen LogP contribution >= 0.6 is 11.6 Å². The molecule has 1 aromatic heterocycles. The van der Waals surface area contributed by atoms with E-state index in [1.807, 2.05) is 0 Å². The largest absolute Gasteiger partial charge is 0.352 e. The van der Waals surface area contributed by atoms with Crippen LogP contribution in [0.1, 0.15) is 49.4 Å². The topological polar surface area (TPSA) is 80.0 Å². The van der Waals surface area contributed by atoms with Gasteiger partial charge in [-0.15, -0.1) is 0 Å². The first-order valence-corrected chi connectivity index (χ1v) is 7.88. The number of nitrogens with one attached hydrogen (secondary N) is 2. The lowest BCUT2D eigenvalue weighted by atomic mass is 9.81. The highest BCUT2D eigenvalue weighted by Crippen LogP contribution is 2.30. The summed E-state index contributed by atoms with van der Waals surface area (Å²) in [4.78, 5) is 16.1. The molecule has 1 aliphatic carbocycles. The minimum atomic E-state index is -0.139. The van der Waals surface area contributed by atoms with Crippen molar-refractivity contribution in [3.05, 3.63) is 22.8 Å². The number of hydrazine groups is 1. The molecule has 1 saturated carbocycles. The second-order valence-corrected chi connectivity index (χ2v) is 6.28. The summed E-state index contributed by atoms with van der Waals surface area (Å²) >= 11 is 5.86. The monoisotopic (exact) mass is 310 g/mol. The van der Waals surface area contributed by atoms with Crippen LogP contribution < -0.4 is 16.6 Å². The van der Waals surface area contributed by atoms with E-state index in [1.165, 1.54) is 25.7 Å². The first-order chi connectivity index (χ1) is 10.1. The SMILES string of the molecule is CC1CCCC(CCNC(=O)c2cc(Cl)nc(NN)c2)C1. The number of nitrogens with zero attached hydrogens (tertiary/aromatic N) is 1. The van der Waals surface area contributed by atoms with E-state index in [9.17, 15) is 4.79 Å². The van der Waals surface area contributed by atoms with Gasteiger partial charge in [0, 0.05) is 12.1 Å². The van der Waals surface area contributed by atoms with Crippen LogP contribution in [0.5, 0.6) is 0 Å². The van der Waals surface area contributed by atoms with E-state index in [2.05, 4.69) is 22.7 Å². The molecular formula is C15H23ClN4O.